The fourth-order valence-electron chi connectivity index (χ4n) is 3.38. The highest BCUT2D eigenvalue weighted by Gasteiger charge is 2.17. The predicted octanol–water partition coefficient (Wildman–Crippen LogP) is 5.17. The normalized spacial score (nSPS) is 11.6. The van der Waals surface area contributed by atoms with Crippen molar-refractivity contribution in [3.05, 3.63) is 105 Å². The number of amides is 2. The van der Waals surface area contributed by atoms with Crippen molar-refractivity contribution in [1.29, 1.82) is 0 Å². The molecule has 0 radical (unpaired) electrons. The molecule has 35 heavy (non-hydrogen) atoms. The van der Waals surface area contributed by atoms with E-state index in [-0.39, 0.29) is 23.0 Å². The van der Waals surface area contributed by atoms with Crippen LogP contribution < -0.4 is 5.32 Å². The summed E-state index contributed by atoms with van der Waals surface area (Å²) in [6.45, 7) is 1.86. The Kier molecular flexibility index (Phi) is 6.45. The van der Waals surface area contributed by atoms with Crippen molar-refractivity contribution in [2.45, 2.75) is 6.92 Å². The van der Waals surface area contributed by atoms with Gasteiger partial charge in [0.15, 0.2) is 5.69 Å². The van der Waals surface area contributed by atoms with Crippen LogP contribution in [0, 0.1) is 17.0 Å². The molecule has 0 spiro atoms. The van der Waals surface area contributed by atoms with E-state index in [2.05, 4.69) is 20.5 Å². The Morgan fingerprint density at radius 3 is 2.43 bits per heavy atom. The van der Waals surface area contributed by atoms with Gasteiger partial charge in [0.05, 0.1) is 10.4 Å². The van der Waals surface area contributed by atoms with Crippen LogP contribution in [0.1, 0.15) is 21.5 Å². The molecule has 0 aliphatic carbocycles. The van der Waals surface area contributed by atoms with E-state index in [1.54, 1.807) is 42.5 Å². The average molecular weight is 469 g/mol. The molecular formula is C25H19N5O5. The highest BCUT2D eigenvalue weighted by Crippen LogP contribution is 2.36. The Labute approximate surface area is 198 Å². The van der Waals surface area contributed by atoms with Gasteiger partial charge in [0, 0.05) is 23.1 Å². The van der Waals surface area contributed by atoms with Gasteiger partial charge < -0.3 is 15.4 Å². The molecule has 0 aliphatic rings. The molecule has 0 aliphatic heterocycles. The van der Waals surface area contributed by atoms with Crippen LogP contribution in [0.3, 0.4) is 0 Å². The third kappa shape index (κ3) is 5.11. The van der Waals surface area contributed by atoms with Crippen molar-refractivity contribution in [1.82, 2.24) is 10.3 Å². The smallest absolute Gasteiger partial charge is 0.311 e. The second-order valence-electron chi connectivity index (χ2n) is 7.55. The Morgan fingerprint density at radius 1 is 1.03 bits per heavy atom. The second-order valence-corrected chi connectivity index (χ2v) is 7.55. The first-order valence-corrected chi connectivity index (χ1v) is 10.4. The number of H-pyrrole nitrogens is 1. The van der Waals surface area contributed by atoms with Crippen LogP contribution in [0.25, 0.3) is 17.0 Å². The summed E-state index contributed by atoms with van der Waals surface area (Å²) < 4.78 is 0. The number of nitro benzene ring substituents is 1. The Balaban J connectivity index is 1.68. The number of nitro groups is 1. The summed E-state index contributed by atoms with van der Waals surface area (Å²) in [7, 11) is 0. The highest BCUT2D eigenvalue weighted by atomic mass is 16.6. The van der Waals surface area contributed by atoms with Gasteiger partial charge in [-0.15, -0.1) is 10.2 Å². The van der Waals surface area contributed by atoms with Crippen molar-refractivity contribution >= 4 is 40.2 Å². The van der Waals surface area contributed by atoms with Gasteiger partial charge in [0.1, 0.15) is 5.70 Å². The molecule has 3 aromatic carbocycles. The fourth-order valence-corrected chi connectivity index (χ4v) is 3.38. The molecular weight excluding hydrogens is 450 g/mol. The molecule has 4 rings (SSSR count). The van der Waals surface area contributed by atoms with E-state index in [0.29, 0.717) is 22.0 Å². The topological polar surface area (TPSA) is 150 Å². The first kappa shape index (κ1) is 23.1. The number of aromatic amines is 1. The van der Waals surface area contributed by atoms with E-state index in [0.717, 1.165) is 5.56 Å². The van der Waals surface area contributed by atoms with Crippen LogP contribution in [0.4, 0.5) is 11.4 Å². The summed E-state index contributed by atoms with van der Waals surface area (Å²) in [6, 6.07) is 19.1. The van der Waals surface area contributed by atoms with Gasteiger partial charge >= 0.3 is 5.91 Å². The summed E-state index contributed by atoms with van der Waals surface area (Å²) >= 11 is 0. The molecule has 4 aromatic rings. The summed E-state index contributed by atoms with van der Waals surface area (Å²) in [5, 5.41) is 31.9. The number of nitrogens with zero attached hydrogens (tertiary/aromatic N) is 3. The van der Waals surface area contributed by atoms with Gasteiger partial charge in [-0.3, -0.25) is 19.7 Å². The molecule has 0 fully saturated rings. The SMILES string of the molecule is Cc1cccc2c(N=NC(=O)/C(=C/c3ccc([N+](=O)[O-])cc3)NC(=O)c3ccccc3)c(O)[nH]c12. The summed E-state index contributed by atoms with van der Waals surface area (Å²) in [5.74, 6) is -1.68. The number of aromatic hydroxyl groups is 1. The van der Waals surface area contributed by atoms with E-state index in [4.69, 9.17) is 0 Å². The minimum atomic E-state index is -0.881. The summed E-state index contributed by atoms with van der Waals surface area (Å²) in [6.07, 6.45) is 1.34. The fraction of sp³-hybridized carbons (Fsp3) is 0.0400. The largest absolute Gasteiger partial charge is 0.493 e. The number of aryl methyl sites for hydroxylation is 1. The van der Waals surface area contributed by atoms with Crippen LogP contribution in [-0.2, 0) is 4.79 Å². The van der Waals surface area contributed by atoms with Crippen LogP contribution >= 0.6 is 0 Å². The molecule has 10 heteroatoms. The van der Waals surface area contributed by atoms with Crippen molar-refractivity contribution < 1.29 is 19.6 Å². The van der Waals surface area contributed by atoms with Crippen molar-refractivity contribution in [2.75, 3.05) is 0 Å². The Bertz CT molecular complexity index is 1490. The lowest BCUT2D eigenvalue weighted by atomic mass is 10.1. The first-order chi connectivity index (χ1) is 16.8. The highest BCUT2D eigenvalue weighted by molar-refractivity contribution is 6.05. The molecule has 0 saturated heterocycles. The van der Waals surface area contributed by atoms with Crippen molar-refractivity contribution in [3.63, 3.8) is 0 Å². The number of para-hydroxylation sites is 1. The summed E-state index contributed by atoms with van der Waals surface area (Å²) in [5.41, 5.74) is 2.04. The number of rotatable bonds is 6. The Hall–Kier alpha value is -5.12. The third-order valence-electron chi connectivity index (χ3n) is 5.17. The number of hydrogen-bond donors (Lipinski definition) is 3. The average Bonchev–Trinajstić information content (AvgIpc) is 3.19. The molecule has 0 unspecified atom stereocenters. The zero-order chi connectivity index (χ0) is 24.9. The van der Waals surface area contributed by atoms with E-state index in [1.165, 1.54) is 30.3 Å². The van der Waals surface area contributed by atoms with Gasteiger partial charge in [0.2, 0.25) is 5.88 Å². The minimum absolute atomic E-state index is 0.0844. The summed E-state index contributed by atoms with van der Waals surface area (Å²) in [4.78, 5) is 38.8. The quantitative estimate of drug-likeness (QED) is 0.154. The van der Waals surface area contributed by atoms with Gasteiger partial charge in [-0.25, -0.2) is 0 Å². The Morgan fingerprint density at radius 2 is 1.74 bits per heavy atom. The molecule has 2 amide bonds. The van der Waals surface area contributed by atoms with E-state index < -0.39 is 16.7 Å². The number of carbonyl (C=O) groups excluding carboxylic acids is 2. The van der Waals surface area contributed by atoms with Crippen LogP contribution in [0.15, 0.2) is 88.7 Å². The third-order valence-corrected chi connectivity index (χ3v) is 5.17. The number of fused-ring (bicyclic) bond motifs is 1. The zero-order valence-corrected chi connectivity index (χ0v) is 18.4. The predicted molar refractivity (Wildman–Crippen MR) is 129 cm³/mol. The van der Waals surface area contributed by atoms with Crippen molar-refractivity contribution in [2.24, 2.45) is 10.2 Å². The minimum Gasteiger partial charge on any atom is -0.493 e. The van der Waals surface area contributed by atoms with Crippen LogP contribution in [0.2, 0.25) is 0 Å². The molecule has 0 atom stereocenters. The number of carbonyl (C=O) groups is 2. The monoisotopic (exact) mass is 469 g/mol. The number of hydrogen-bond acceptors (Lipinski definition) is 6. The lowest BCUT2D eigenvalue weighted by Gasteiger charge is -2.07. The van der Waals surface area contributed by atoms with E-state index in [1.807, 2.05) is 13.0 Å². The number of nitrogens with one attached hydrogen (secondary N) is 2. The molecule has 174 valence electrons. The maximum Gasteiger partial charge on any atom is 0.311 e. The lowest BCUT2D eigenvalue weighted by molar-refractivity contribution is -0.384. The van der Waals surface area contributed by atoms with Crippen molar-refractivity contribution in [3.8, 4) is 5.88 Å². The molecule has 10 nitrogen and oxygen atoms in total. The number of azo groups is 1. The van der Waals surface area contributed by atoms with Crippen LogP contribution in [-0.4, -0.2) is 26.8 Å². The molecule has 3 N–H and O–H groups in total. The lowest BCUT2D eigenvalue weighted by Crippen LogP contribution is -2.26. The second kappa shape index (κ2) is 9.79. The van der Waals surface area contributed by atoms with Gasteiger partial charge in [-0.05, 0) is 48.4 Å². The van der Waals surface area contributed by atoms with E-state index >= 15 is 0 Å². The van der Waals surface area contributed by atoms with Gasteiger partial charge in [-0.2, -0.15) is 0 Å². The molecule has 1 heterocycles. The van der Waals surface area contributed by atoms with Gasteiger partial charge in [0.25, 0.3) is 11.6 Å². The maximum atomic E-state index is 13.0. The molecule has 0 saturated carbocycles. The maximum absolute atomic E-state index is 13.0. The first-order valence-electron chi connectivity index (χ1n) is 10.4. The number of non-ortho nitro benzene ring substituents is 1. The van der Waals surface area contributed by atoms with E-state index in [9.17, 15) is 24.8 Å². The number of benzene rings is 3. The standard InChI is InChI=1S/C25H19N5O5/c1-15-6-5-9-19-21(15)27-25(33)22(19)28-29-24(32)20(26-23(31)17-7-3-2-4-8-17)14-16-10-12-18(13-11-16)30(34)35/h2-14,27,33H,1H3,(H,26,31)/b20-14-,29-28?. The molecule has 1 aromatic heterocycles. The number of aromatic nitrogens is 1. The van der Waals surface area contributed by atoms with Crippen LogP contribution in [0.5, 0.6) is 5.88 Å². The molecule has 0 bridgehead atoms. The van der Waals surface area contributed by atoms with Gasteiger partial charge in [-0.1, -0.05) is 36.4 Å². The zero-order valence-electron chi connectivity index (χ0n) is 18.4.